The first kappa shape index (κ1) is 16.9. The van der Waals surface area contributed by atoms with Crippen LogP contribution in [0.1, 0.15) is 46.0 Å². The minimum Gasteiger partial charge on any atom is -0.378 e. The maximum atomic E-state index is 11.4. The lowest BCUT2D eigenvalue weighted by Gasteiger charge is -2.36. The van der Waals surface area contributed by atoms with E-state index in [-0.39, 0.29) is 17.5 Å². The van der Waals surface area contributed by atoms with Crippen LogP contribution in [0.25, 0.3) is 0 Å². The molecule has 0 heterocycles. The Morgan fingerprint density at radius 1 is 1.37 bits per heavy atom. The Kier molecular flexibility index (Phi) is 7.28. The van der Waals surface area contributed by atoms with Gasteiger partial charge in [-0.3, -0.25) is 11.3 Å². The summed E-state index contributed by atoms with van der Waals surface area (Å²) in [5.74, 6) is 6.71. The summed E-state index contributed by atoms with van der Waals surface area (Å²) in [5, 5.41) is 0. The molecule has 0 aromatic rings. The third-order valence-corrected chi connectivity index (χ3v) is 5.69. The van der Waals surface area contributed by atoms with E-state index in [2.05, 4.69) is 5.43 Å². The Balaban J connectivity index is 2.17. The molecule has 0 spiro atoms. The largest absolute Gasteiger partial charge is 0.378 e. The zero-order chi connectivity index (χ0) is 14.3. The standard InChI is InChI=1S/C13H28N2O3S/c1-3-18-13-9-11(10-13)8-12(15-14)6-5-7-19(16,17)4-2/h11-13,15H,3-10,14H2,1-2H3. The molecule has 0 aliphatic heterocycles. The van der Waals surface area contributed by atoms with Crippen molar-refractivity contribution < 1.29 is 13.2 Å². The second-order valence-electron chi connectivity index (χ2n) is 5.39. The molecule has 3 N–H and O–H groups in total. The molecular formula is C13H28N2O3S. The van der Waals surface area contributed by atoms with Crippen LogP contribution in [0, 0.1) is 5.92 Å². The summed E-state index contributed by atoms with van der Waals surface area (Å²) < 4.78 is 28.3. The number of hydrogen-bond donors (Lipinski definition) is 2. The van der Waals surface area contributed by atoms with Crippen LogP contribution in [0.5, 0.6) is 0 Å². The highest BCUT2D eigenvalue weighted by Gasteiger charge is 2.31. The second-order valence-corrected chi connectivity index (χ2v) is 7.87. The van der Waals surface area contributed by atoms with Crippen LogP contribution in [0.4, 0.5) is 0 Å². The highest BCUT2D eigenvalue weighted by Crippen LogP contribution is 2.34. The third-order valence-electron chi connectivity index (χ3n) is 3.90. The van der Waals surface area contributed by atoms with Crippen LogP contribution in [0.15, 0.2) is 0 Å². The van der Waals surface area contributed by atoms with E-state index in [4.69, 9.17) is 10.6 Å². The van der Waals surface area contributed by atoms with Crippen molar-refractivity contribution in [1.82, 2.24) is 5.43 Å². The molecule has 114 valence electrons. The van der Waals surface area contributed by atoms with Gasteiger partial charge in [-0.1, -0.05) is 6.92 Å². The Labute approximate surface area is 117 Å². The van der Waals surface area contributed by atoms with Gasteiger partial charge in [0, 0.05) is 18.4 Å². The lowest BCUT2D eigenvalue weighted by molar-refractivity contribution is -0.0292. The Bertz CT molecular complexity index is 340. The Hall–Kier alpha value is -0.170. The molecule has 1 rings (SSSR count). The SMILES string of the molecule is CCOC1CC(CC(CCCS(=O)(=O)CC)NN)C1. The van der Waals surface area contributed by atoms with Crippen LogP contribution in [-0.4, -0.2) is 38.7 Å². The van der Waals surface area contributed by atoms with Gasteiger partial charge in [-0.05, 0) is 44.9 Å². The fraction of sp³-hybridized carbons (Fsp3) is 1.00. The van der Waals surface area contributed by atoms with Crippen molar-refractivity contribution in [2.45, 2.75) is 58.1 Å². The number of hydrogen-bond acceptors (Lipinski definition) is 5. The first-order valence-corrected chi connectivity index (χ1v) is 9.11. The molecule has 1 saturated carbocycles. The van der Waals surface area contributed by atoms with Gasteiger partial charge in [0.25, 0.3) is 0 Å². The molecule has 6 heteroatoms. The molecule has 1 unspecified atom stereocenters. The predicted molar refractivity (Wildman–Crippen MR) is 77.4 cm³/mol. The van der Waals surface area contributed by atoms with Crippen molar-refractivity contribution in [2.75, 3.05) is 18.1 Å². The molecule has 0 bridgehead atoms. The van der Waals surface area contributed by atoms with Crippen LogP contribution < -0.4 is 11.3 Å². The minimum absolute atomic E-state index is 0.222. The van der Waals surface area contributed by atoms with Crippen molar-refractivity contribution in [3.05, 3.63) is 0 Å². The van der Waals surface area contributed by atoms with Crippen molar-refractivity contribution in [3.63, 3.8) is 0 Å². The average molecular weight is 292 g/mol. The summed E-state index contributed by atoms with van der Waals surface area (Å²) in [5.41, 5.74) is 2.82. The van der Waals surface area contributed by atoms with Gasteiger partial charge < -0.3 is 4.74 Å². The van der Waals surface area contributed by atoms with Gasteiger partial charge in [0.2, 0.25) is 0 Å². The minimum atomic E-state index is -2.85. The highest BCUT2D eigenvalue weighted by molar-refractivity contribution is 7.91. The van der Waals surface area contributed by atoms with E-state index in [1.54, 1.807) is 6.92 Å². The fourth-order valence-corrected chi connectivity index (χ4v) is 3.50. The lowest BCUT2D eigenvalue weighted by atomic mass is 9.77. The van der Waals surface area contributed by atoms with Gasteiger partial charge in [0.05, 0.1) is 11.9 Å². The molecule has 0 saturated heterocycles. The van der Waals surface area contributed by atoms with Crippen LogP contribution in [-0.2, 0) is 14.6 Å². The van der Waals surface area contributed by atoms with E-state index in [0.717, 1.165) is 32.3 Å². The van der Waals surface area contributed by atoms with Crippen molar-refractivity contribution in [3.8, 4) is 0 Å². The van der Waals surface area contributed by atoms with Crippen LogP contribution in [0.2, 0.25) is 0 Å². The summed E-state index contributed by atoms with van der Waals surface area (Å²) in [4.78, 5) is 0. The van der Waals surface area contributed by atoms with E-state index in [0.29, 0.717) is 18.4 Å². The topological polar surface area (TPSA) is 81.4 Å². The molecular weight excluding hydrogens is 264 g/mol. The van der Waals surface area contributed by atoms with E-state index in [9.17, 15) is 8.42 Å². The van der Waals surface area contributed by atoms with Crippen molar-refractivity contribution in [1.29, 1.82) is 0 Å². The van der Waals surface area contributed by atoms with Crippen molar-refractivity contribution >= 4 is 9.84 Å². The summed E-state index contributed by atoms with van der Waals surface area (Å²) in [7, 11) is -2.85. The highest BCUT2D eigenvalue weighted by atomic mass is 32.2. The maximum Gasteiger partial charge on any atom is 0.150 e. The smallest absolute Gasteiger partial charge is 0.150 e. The van der Waals surface area contributed by atoms with E-state index >= 15 is 0 Å². The molecule has 1 atom stereocenters. The van der Waals surface area contributed by atoms with Gasteiger partial charge in [-0.25, -0.2) is 8.42 Å². The molecule has 19 heavy (non-hydrogen) atoms. The van der Waals surface area contributed by atoms with Gasteiger partial charge in [-0.15, -0.1) is 0 Å². The van der Waals surface area contributed by atoms with Crippen molar-refractivity contribution in [2.24, 2.45) is 11.8 Å². The van der Waals surface area contributed by atoms with E-state index < -0.39 is 9.84 Å². The average Bonchev–Trinajstić information content (AvgIpc) is 2.34. The predicted octanol–water partition coefficient (Wildman–Crippen LogP) is 1.24. The zero-order valence-corrected chi connectivity index (χ0v) is 12.9. The molecule has 1 fully saturated rings. The van der Waals surface area contributed by atoms with Crippen LogP contribution >= 0.6 is 0 Å². The molecule has 0 radical (unpaired) electrons. The zero-order valence-electron chi connectivity index (χ0n) is 12.1. The fourth-order valence-electron chi connectivity index (χ4n) is 2.60. The summed E-state index contributed by atoms with van der Waals surface area (Å²) in [6.45, 7) is 4.49. The number of sulfone groups is 1. The number of hydrazine groups is 1. The maximum absolute atomic E-state index is 11.4. The molecule has 1 aliphatic carbocycles. The molecule has 0 amide bonds. The Morgan fingerprint density at radius 2 is 2.05 bits per heavy atom. The second kappa shape index (κ2) is 8.19. The molecule has 1 aliphatic rings. The van der Waals surface area contributed by atoms with Gasteiger partial charge in [0.1, 0.15) is 9.84 Å². The van der Waals surface area contributed by atoms with Gasteiger partial charge in [0.15, 0.2) is 0 Å². The number of nitrogens with two attached hydrogens (primary N) is 1. The third kappa shape index (κ3) is 6.21. The Morgan fingerprint density at radius 3 is 2.58 bits per heavy atom. The molecule has 0 aromatic carbocycles. The summed E-state index contributed by atoms with van der Waals surface area (Å²) in [6, 6.07) is 0.222. The summed E-state index contributed by atoms with van der Waals surface area (Å²) >= 11 is 0. The van der Waals surface area contributed by atoms with Crippen LogP contribution in [0.3, 0.4) is 0 Å². The first-order chi connectivity index (χ1) is 9.00. The quantitative estimate of drug-likeness (QED) is 0.468. The lowest BCUT2D eigenvalue weighted by Crippen LogP contribution is -2.41. The molecule has 0 aromatic heterocycles. The number of nitrogens with one attached hydrogen (secondary N) is 1. The molecule has 5 nitrogen and oxygen atoms in total. The number of ether oxygens (including phenoxy) is 1. The van der Waals surface area contributed by atoms with Gasteiger partial charge in [-0.2, -0.15) is 0 Å². The first-order valence-electron chi connectivity index (χ1n) is 7.28. The van der Waals surface area contributed by atoms with E-state index in [1.807, 2.05) is 6.92 Å². The summed E-state index contributed by atoms with van der Waals surface area (Å²) in [6.07, 6.45) is 5.18. The monoisotopic (exact) mass is 292 g/mol. The van der Waals surface area contributed by atoms with Gasteiger partial charge >= 0.3 is 0 Å². The normalized spacial score (nSPS) is 25.0. The van der Waals surface area contributed by atoms with E-state index in [1.165, 1.54) is 0 Å². The number of rotatable bonds is 10.